The summed E-state index contributed by atoms with van der Waals surface area (Å²) in [5.41, 5.74) is 3.27. The van der Waals surface area contributed by atoms with Gasteiger partial charge in [0, 0.05) is 37.6 Å². The Morgan fingerprint density at radius 2 is 2.07 bits per heavy atom. The number of pyridine rings is 1. The molecule has 1 aromatic carbocycles. The van der Waals surface area contributed by atoms with Crippen molar-refractivity contribution in [3.05, 3.63) is 53.8 Å². The third-order valence-corrected chi connectivity index (χ3v) is 7.66. The summed E-state index contributed by atoms with van der Waals surface area (Å²) in [5, 5.41) is 2.98. The number of aromatic nitrogens is 2. The van der Waals surface area contributed by atoms with E-state index in [1.54, 1.807) is 29.9 Å². The summed E-state index contributed by atoms with van der Waals surface area (Å²) in [6.07, 6.45) is 4.36. The molecule has 0 unspecified atom stereocenters. The Labute approximate surface area is 167 Å². The number of rotatable bonds is 5. The van der Waals surface area contributed by atoms with Crippen LogP contribution in [-0.4, -0.2) is 48.2 Å². The predicted molar refractivity (Wildman–Crippen MR) is 108 cm³/mol. The lowest BCUT2D eigenvalue weighted by atomic mass is 9.98. The predicted octanol–water partition coefficient (Wildman–Crippen LogP) is 2.52. The number of carbonyl (C=O) groups excluding carboxylic acids is 1. The number of piperidine rings is 1. The monoisotopic (exact) mass is 416 g/mol. The van der Waals surface area contributed by atoms with Crippen molar-refractivity contribution in [3.63, 3.8) is 0 Å². The van der Waals surface area contributed by atoms with Gasteiger partial charge >= 0.3 is 0 Å². The molecule has 1 saturated heterocycles. The first-order chi connectivity index (χ1) is 13.5. The van der Waals surface area contributed by atoms with Crippen molar-refractivity contribution in [2.75, 3.05) is 19.6 Å². The molecular formula is C19H20N4O3S2. The molecule has 7 nitrogen and oxygen atoms in total. The highest BCUT2D eigenvalue weighted by Gasteiger charge is 2.29. The van der Waals surface area contributed by atoms with Gasteiger partial charge in [-0.3, -0.25) is 9.78 Å². The average molecular weight is 417 g/mol. The van der Waals surface area contributed by atoms with Crippen LogP contribution in [0.4, 0.5) is 0 Å². The minimum absolute atomic E-state index is 0.110. The maximum absolute atomic E-state index is 12.6. The molecule has 0 bridgehead atoms. The van der Waals surface area contributed by atoms with Crippen molar-refractivity contribution in [3.8, 4) is 0 Å². The molecule has 1 amide bonds. The standard InChI is InChI=1S/C19H20N4O3S2/c24-19(15-3-4-17-18(10-15)27-13-22-17)21-11-14-5-8-23(9-6-14)28(25,26)16-2-1-7-20-12-16/h1-4,7,10,12-14H,5-6,8-9,11H2,(H,21,24). The van der Waals surface area contributed by atoms with Crippen molar-refractivity contribution in [2.24, 2.45) is 5.92 Å². The van der Waals surface area contributed by atoms with Crippen LogP contribution in [0.1, 0.15) is 23.2 Å². The lowest BCUT2D eigenvalue weighted by Crippen LogP contribution is -2.41. The Kier molecular flexibility index (Phi) is 5.38. The van der Waals surface area contributed by atoms with Gasteiger partial charge in [-0.2, -0.15) is 4.31 Å². The summed E-state index contributed by atoms with van der Waals surface area (Å²) in [6.45, 7) is 1.44. The second-order valence-electron chi connectivity index (χ2n) is 6.78. The number of amides is 1. The summed E-state index contributed by atoms with van der Waals surface area (Å²) in [5.74, 6) is 0.150. The largest absolute Gasteiger partial charge is 0.352 e. The lowest BCUT2D eigenvalue weighted by Gasteiger charge is -2.31. The molecule has 0 spiro atoms. The van der Waals surface area contributed by atoms with Crippen molar-refractivity contribution >= 4 is 37.5 Å². The number of sulfonamides is 1. The molecular weight excluding hydrogens is 396 g/mol. The zero-order chi connectivity index (χ0) is 19.6. The number of nitrogens with one attached hydrogen (secondary N) is 1. The van der Waals surface area contributed by atoms with Gasteiger partial charge in [0.25, 0.3) is 5.91 Å². The first-order valence-electron chi connectivity index (χ1n) is 9.05. The maximum atomic E-state index is 12.6. The number of carbonyl (C=O) groups is 1. The van der Waals surface area contributed by atoms with E-state index in [9.17, 15) is 13.2 Å². The fraction of sp³-hybridized carbons (Fsp3) is 0.316. The van der Waals surface area contributed by atoms with E-state index in [1.165, 1.54) is 21.8 Å². The van der Waals surface area contributed by atoms with E-state index in [0.717, 1.165) is 10.2 Å². The summed E-state index contributed by atoms with van der Waals surface area (Å²) in [4.78, 5) is 20.8. The Bertz CT molecular complexity index is 1070. The SMILES string of the molecule is O=C(NCC1CCN(S(=O)(=O)c2cccnc2)CC1)c1ccc2ncsc2c1. The number of benzene rings is 1. The van der Waals surface area contributed by atoms with E-state index in [2.05, 4.69) is 15.3 Å². The molecule has 1 fully saturated rings. The van der Waals surface area contributed by atoms with Crippen molar-refractivity contribution < 1.29 is 13.2 Å². The van der Waals surface area contributed by atoms with Gasteiger partial charge in [0.1, 0.15) is 4.90 Å². The first kappa shape index (κ1) is 19.0. The van der Waals surface area contributed by atoms with Crippen molar-refractivity contribution in [2.45, 2.75) is 17.7 Å². The molecule has 28 heavy (non-hydrogen) atoms. The molecule has 0 atom stereocenters. The number of nitrogens with zero attached hydrogens (tertiary/aromatic N) is 3. The van der Waals surface area contributed by atoms with Crippen molar-refractivity contribution in [1.29, 1.82) is 0 Å². The second-order valence-corrected chi connectivity index (χ2v) is 9.61. The number of hydrogen-bond donors (Lipinski definition) is 1. The summed E-state index contributed by atoms with van der Waals surface area (Å²) >= 11 is 1.51. The summed E-state index contributed by atoms with van der Waals surface area (Å²) < 4.78 is 27.8. The van der Waals surface area contributed by atoms with Crippen molar-refractivity contribution in [1.82, 2.24) is 19.6 Å². The third kappa shape index (κ3) is 3.91. The van der Waals surface area contributed by atoms with E-state index in [-0.39, 0.29) is 16.7 Å². The Morgan fingerprint density at radius 3 is 2.82 bits per heavy atom. The van der Waals surface area contributed by atoms with Crippen LogP contribution in [0.3, 0.4) is 0 Å². The molecule has 0 aliphatic carbocycles. The van der Waals surface area contributed by atoms with E-state index < -0.39 is 10.0 Å². The van der Waals surface area contributed by atoms with Gasteiger partial charge < -0.3 is 5.32 Å². The fourth-order valence-corrected chi connectivity index (χ4v) is 5.49. The smallest absolute Gasteiger partial charge is 0.251 e. The van der Waals surface area contributed by atoms with Gasteiger partial charge in [-0.1, -0.05) is 0 Å². The van der Waals surface area contributed by atoms with Gasteiger partial charge in [0.15, 0.2) is 0 Å². The minimum Gasteiger partial charge on any atom is -0.352 e. The topological polar surface area (TPSA) is 92.3 Å². The van der Waals surface area contributed by atoms with E-state index in [0.29, 0.717) is 38.0 Å². The molecule has 0 radical (unpaired) electrons. The minimum atomic E-state index is -3.50. The van der Waals surface area contributed by atoms with Gasteiger partial charge in [0.2, 0.25) is 10.0 Å². The van der Waals surface area contributed by atoms with Crippen LogP contribution in [0.15, 0.2) is 53.1 Å². The summed E-state index contributed by atoms with van der Waals surface area (Å²) in [6, 6.07) is 8.67. The van der Waals surface area contributed by atoms with Crippen LogP contribution in [-0.2, 0) is 10.0 Å². The fourth-order valence-electron chi connectivity index (χ4n) is 3.34. The highest BCUT2D eigenvalue weighted by atomic mass is 32.2. The molecule has 1 N–H and O–H groups in total. The van der Waals surface area contributed by atoms with E-state index in [1.807, 2.05) is 12.1 Å². The van der Waals surface area contributed by atoms with Crippen LogP contribution in [0.5, 0.6) is 0 Å². The summed E-state index contributed by atoms with van der Waals surface area (Å²) in [7, 11) is -3.50. The van der Waals surface area contributed by atoms with E-state index >= 15 is 0 Å². The Balaban J connectivity index is 1.31. The molecule has 146 valence electrons. The first-order valence-corrected chi connectivity index (χ1v) is 11.4. The molecule has 1 aliphatic heterocycles. The van der Waals surface area contributed by atoms with Crippen LogP contribution < -0.4 is 5.32 Å². The third-order valence-electron chi connectivity index (χ3n) is 4.99. The zero-order valence-electron chi connectivity index (χ0n) is 15.1. The van der Waals surface area contributed by atoms with Gasteiger partial charge in [-0.15, -0.1) is 11.3 Å². The number of thiazole rings is 1. The Morgan fingerprint density at radius 1 is 1.25 bits per heavy atom. The number of fused-ring (bicyclic) bond motifs is 1. The highest BCUT2D eigenvalue weighted by molar-refractivity contribution is 7.89. The molecule has 3 heterocycles. The highest BCUT2D eigenvalue weighted by Crippen LogP contribution is 2.23. The number of hydrogen-bond acceptors (Lipinski definition) is 6. The maximum Gasteiger partial charge on any atom is 0.251 e. The second kappa shape index (κ2) is 7.94. The molecule has 9 heteroatoms. The van der Waals surface area contributed by atoms with Crippen LogP contribution >= 0.6 is 11.3 Å². The lowest BCUT2D eigenvalue weighted by molar-refractivity contribution is 0.0941. The Hall–Kier alpha value is -2.36. The molecule has 1 aliphatic rings. The normalized spacial score (nSPS) is 16.3. The van der Waals surface area contributed by atoms with Gasteiger partial charge in [-0.25, -0.2) is 13.4 Å². The molecule has 0 saturated carbocycles. The van der Waals surface area contributed by atoms with Crippen LogP contribution in [0.25, 0.3) is 10.2 Å². The van der Waals surface area contributed by atoms with Crippen LogP contribution in [0.2, 0.25) is 0 Å². The molecule has 3 aromatic rings. The average Bonchev–Trinajstić information content (AvgIpc) is 3.21. The van der Waals surface area contributed by atoms with E-state index in [4.69, 9.17) is 0 Å². The zero-order valence-corrected chi connectivity index (χ0v) is 16.7. The van der Waals surface area contributed by atoms with Gasteiger partial charge in [0.05, 0.1) is 15.7 Å². The molecule has 2 aromatic heterocycles. The quantitative estimate of drug-likeness (QED) is 0.690. The van der Waals surface area contributed by atoms with Gasteiger partial charge in [-0.05, 0) is 49.1 Å². The molecule has 4 rings (SSSR count). The van der Waals surface area contributed by atoms with Crippen LogP contribution in [0, 0.1) is 5.92 Å².